The van der Waals surface area contributed by atoms with Crippen LogP contribution in [0.15, 0.2) is 47.5 Å². The van der Waals surface area contributed by atoms with E-state index in [4.69, 9.17) is 16.3 Å². The zero-order valence-corrected chi connectivity index (χ0v) is 18.0. The molecule has 1 heterocycles. The number of thioether (sulfide) groups is 1. The molecule has 2 aromatic carbocycles. The van der Waals surface area contributed by atoms with Gasteiger partial charge in [0, 0.05) is 23.7 Å². The van der Waals surface area contributed by atoms with Gasteiger partial charge >= 0.3 is 0 Å². The van der Waals surface area contributed by atoms with Crippen molar-refractivity contribution in [2.75, 3.05) is 19.0 Å². The molecular weight excluding hydrogens is 410 g/mol. The minimum atomic E-state index is -0.508. The molecule has 152 valence electrons. The minimum absolute atomic E-state index is 0.0690. The first-order valence-corrected chi connectivity index (χ1v) is 10.4. The van der Waals surface area contributed by atoms with Crippen LogP contribution in [-0.2, 0) is 9.59 Å². The first-order valence-electron chi connectivity index (χ1n) is 9.18. The van der Waals surface area contributed by atoms with E-state index in [0.717, 1.165) is 11.3 Å². The number of rotatable bonds is 6. The number of carbonyl (C=O) groups is 2. The minimum Gasteiger partial charge on any atom is -0.497 e. The highest BCUT2D eigenvalue weighted by Gasteiger charge is 2.38. The molecule has 3 rings (SSSR count). The maximum atomic E-state index is 12.8. The van der Waals surface area contributed by atoms with Crippen molar-refractivity contribution in [1.82, 2.24) is 4.90 Å². The second kappa shape index (κ2) is 9.33. The lowest BCUT2D eigenvalue weighted by Crippen LogP contribution is -2.33. The van der Waals surface area contributed by atoms with Crippen LogP contribution in [0.1, 0.15) is 18.9 Å². The Morgan fingerprint density at radius 2 is 2.00 bits per heavy atom. The molecule has 8 heteroatoms. The zero-order valence-electron chi connectivity index (χ0n) is 16.4. The highest BCUT2D eigenvalue weighted by Crippen LogP contribution is 2.33. The van der Waals surface area contributed by atoms with Crippen molar-refractivity contribution in [3.05, 3.63) is 53.1 Å². The summed E-state index contributed by atoms with van der Waals surface area (Å²) in [6.45, 7) is 4.26. The molecule has 2 amide bonds. The fourth-order valence-electron chi connectivity index (χ4n) is 2.89. The number of hydrogen-bond acceptors (Lipinski definition) is 5. The summed E-state index contributed by atoms with van der Waals surface area (Å²) in [6.07, 6.45) is 0.0690. The lowest BCUT2D eigenvalue weighted by molar-refractivity contribution is -0.128. The summed E-state index contributed by atoms with van der Waals surface area (Å²) >= 11 is 7.48. The van der Waals surface area contributed by atoms with E-state index in [-0.39, 0.29) is 18.2 Å². The van der Waals surface area contributed by atoms with Crippen LogP contribution in [0.5, 0.6) is 5.75 Å². The normalized spacial score (nSPS) is 17.7. The Morgan fingerprint density at radius 3 is 2.66 bits per heavy atom. The predicted molar refractivity (Wildman–Crippen MR) is 118 cm³/mol. The van der Waals surface area contributed by atoms with E-state index in [9.17, 15) is 9.59 Å². The second-order valence-corrected chi connectivity index (χ2v) is 8.03. The number of anilines is 1. The summed E-state index contributed by atoms with van der Waals surface area (Å²) in [6, 6.07) is 12.5. The summed E-state index contributed by atoms with van der Waals surface area (Å²) in [5, 5.41) is 3.52. The highest BCUT2D eigenvalue weighted by atomic mass is 35.5. The summed E-state index contributed by atoms with van der Waals surface area (Å²) in [7, 11) is 1.58. The number of halogens is 1. The molecule has 0 aliphatic carbocycles. The maximum absolute atomic E-state index is 12.8. The van der Waals surface area contributed by atoms with Crippen molar-refractivity contribution in [2.45, 2.75) is 25.5 Å². The van der Waals surface area contributed by atoms with E-state index < -0.39 is 5.25 Å². The van der Waals surface area contributed by atoms with Crippen molar-refractivity contribution in [3.63, 3.8) is 0 Å². The molecule has 2 aromatic rings. The number of ether oxygens (including phenoxy) is 1. The molecule has 1 aliphatic heterocycles. The number of amides is 2. The van der Waals surface area contributed by atoms with Crippen LogP contribution in [0.4, 0.5) is 11.4 Å². The zero-order chi connectivity index (χ0) is 21.0. The smallest absolute Gasteiger partial charge is 0.242 e. The Hall–Kier alpha value is -2.51. The molecule has 1 unspecified atom stereocenters. The molecule has 0 bridgehead atoms. The highest BCUT2D eigenvalue weighted by molar-refractivity contribution is 8.15. The largest absolute Gasteiger partial charge is 0.497 e. The molecule has 1 N–H and O–H groups in total. The van der Waals surface area contributed by atoms with Crippen LogP contribution < -0.4 is 10.1 Å². The third kappa shape index (κ3) is 4.92. The van der Waals surface area contributed by atoms with E-state index in [0.29, 0.717) is 28.2 Å². The summed E-state index contributed by atoms with van der Waals surface area (Å²) in [5.74, 6) is 0.373. The van der Waals surface area contributed by atoms with Gasteiger partial charge in [-0.3, -0.25) is 14.5 Å². The van der Waals surface area contributed by atoms with Gasteiger partial charge in [-0.25, -0.2) is 4.99 Å². The number of nitrogens with one attached hydrogen (secondary N) is 1. The molecule has 0 spiro atoms. The summed E-state index contributed by atoms with van der Waals surface area (Å²) in [4.78, 5) is 31.4. The Labute approximate surface area is 179 Å². The van der Waals surface area contributed by atoms with Crippen molar-refractivity contribution >= 4 is 51.7 Å². The molecule has 0 radical (unpaired) electrons. The SMILES string of the molecule is CCN1C(=O)C(CC(=O)Nc2ccc(OC)cc2)SC1=Nc1cccc(Cl)c1C. The van der Waals surface area contributed by atoms with Crippen molar-refractivity contribution in [2.24, 2.45) is 4.99 Å². The number of carbonyl (C=O) groups excluding carboxylic acids is 2. The Bertz CT molecular complexity index is 947. The average Bonchev–Trinajstić information content (AvgIpc) is 3.00. The van der Waals surface area contributed by atoms with E-state index >= 15 is 0 Å². The Balaban J connectivity index is 1.71. The molecule has 1 fully saturated rings. The molecule has 1 aliphatic rings. The van der Waals surface area contributed by atoms with E-state index in [1.54, 1.807) is 42.3 Å². The standard InChI is InChI=1S/C21H22ClN3O3S/c1-4-25-20(27)18(12-19(26)23-14-8-10-15(28-3)11-9-14)29-21(25)24-17-7-5-6-16(22)13(17)2/h5-11,18H,4,12H2,1-3H3,(H,23,26). The number of nitrogens with zero attached hydrogens (tertiary/aromatic N) is 2. The number of aliphatic imine (C=N–C) groups is 1. The van der Waals surface area contributed by atoms with Crippen molar-refractivity contribution < 1.29 is 14.3 Å². The molecule has 1 saturated heterocycles. The molecule has 29 heavy (non-hydrogen) atoms. The van der Waals surface area contributed by atoms with E-state index in [1.165, 1.54) is 11.8 Å². The van der Waals surface area contributed by atoms with Crippen LogP contribution in [0, 0.1) is 6.92 Å². The van der Waals surface area contributed by atoms with Gasteiger partial charge in [-0.2, -0.15) is 0 Å². The first-order chi connectivity index (χ1) is 13.9. The molecule has 0 aromatic heterocycles. The maximum Gasteiger partial charge on any atom is 0.242 e. The van der Waals surface area contributed by atoms with Gasteiger partial charge in [0.25, 0.3) is 0 Å². The van der Waals surface area contributed by atoms with Gasteiger partial charge in [-0.15, -0.1) is 0 Å². The van der Waals surface area contributed by atoms with Gasteiger partial charge in [0.1, 0.15) is 11.0 Å². The monoisotopic (exact) mass is 431 g/mol. The fraction of sp³-hybridized carbons (Fsp3) is 0.286. The molecule has 0 saturated carbocycles. The van der Waals surface area contributed by atoms with Crippen LogP contribution in [0.2, 0.25) is 5.02 Å². The third-order valence-electron chi connectivity index (χ3n) is 4.54. The van der Waals surface area contributed by atoms with Gasteiger partial charge < -0.3 is 10.1 Å². The number of amidine groups is 1. The van der Waals surface area contributed by atoms with Crippen LogP contribution in [0.3, 0.4) is 0 Å². The predicted octanol–water partition coefficient (Wildman–Crippen LogP) is 4.64. The number of methoxy groups -OCH3 is 1. The summed E-state index contributed by atoms with van der Waals surface area (Å²) in [5.41, 5.74) is 2.23. The van der Waals surface area contributed by atoms with Crippen LogP contribution in [-0.4, -0.2) is 40.8 Å². The lowest BCUT2D eigenvalue weighted by Gasteiger charge is -2.14. The van der Waals surface area contributed by atoms with Gasteiger partial charge in [-0.1, -0.05) is 29.4 Å². The quantitative estimate of drug-likeness (QED) is 0.723. The Kier molecular flexibility index (Phi) is 6.82. The molecular formula is C21H22ClN3O3S. The molecule has 1 atom stereocenters. The van der Waals surface area contributed by atoms with Crippen LogP contribution >= 0.6 is 23.4 Å². The van der Waals surface area contributed by atoms with Gasteiger partial charge in [-0.05, 0) is 55.8 Å². The van der Waals surface area contributed by atoms with Crippen LogP contribution in [0.25, 0.3) is 0 Å². The first kappa shape index (κ1) is 21.2. The van der Waals surface area contributed by atoms with Gasteiger partial charge in [0.15, 0.2) is 5.17 Å². The average molecular weight is 432 g/mol. The number of benzene rings is 2. The fourth-order valence-corrected chi connectivity index (χ4v) is 4.28. The summed E-state index contributed by atoms with van der Waals surface area (Å²) < 4.78 is 5.11. The third-order valence-corrected chi connectivity index (χ3v) is 6.12. The van der Waals surface area contributed by atoms with E-state index in [1.807, 2.05) is 26.0 Å². The number of hydrogen-bond donors (Lipinski definition) is 1. The Morgan fingerprint density at radius 1 is 1.28 bits per heavy atom. The molecule has 6 nitrogen and oxygen atoms in total. The van der Waals surface area contributed by atoms with Gasteiger partial charge in [0.2, 0.25) is 11.8 Å². The van der Waals surface area contributed by atoms with E-state index in [2.05, 4.69) is 10.3 Å². The second-order valence-electron chi connectivity index (χ2n) is 6.45. The van der Waals surface area contributed by atoms with Crippen molar-refractivity contribution in [1.29, 1.82) is 0 Å². The lowest BCUT2D eigenvalue weighted by atomic mass is 10.2. The topological polar surface area (TPSA) is 71.0 Å². The van der Waals surface area contributed by atoms with Gasteiger partial charge in [0.05, 0.1) is 12.8 Å². The van der Waals surface area contributed by atoms with Crippen molar-refractivity contribution in [3.8, 4) is 5.75 Å².